The van der Waals surface area contributed by atoms with Crippen LogP contribution in [0.2, 0.25) is 0 Å². The molecule has 0 aliphatic carbocycles. The van der Waals surface area contributed by atoms with Gasteiger partial charge in [-0.25, -0.2) is 0 Å². The van der Waals surface area contributed by atoms with Crippen LogP contribution >= 0.6 is 0 Å². The number of H-pyrrole nitrogens is 1. The number of nitrogen functional groups attached to an aromatic ring is 1. The summed E-state index contributed by atoms with van der Waals surface area (Å²) in [5.74, 6) is 0.598. The molecular formula is C13H18N4. The van der Waals surface area contributed by atoms with Crippen LogP contribution in [0.25, 0.3) is 11.1 Å². The van der Waals surface area contributed by atoms with Gasteiger partial charge < -0.3 is 5.73 Å². The number of aromatic nitrogens is 3. The third-order valence-electron chi connectivity index (χ3n) is 2.70. The van der Waals surface area contributed by atoms with Crippen molar-refractivity contribution < 1.29 is 0 Å². The maximum atomic E-state index is 5.96. The molecule has 0 aliphatic rings. The third kappa shape index (κ3) is 2.16. The number of anilines is 1. The van der Waals surface area contributed by atoms with Crippen LogP contribution in [0.15, 0.2) is 18.3 Å². The molecule has 17 heavy (non-hydrogen) atoms. The van der Waals surface area contributed by atoms with E-state index in [9.17, 15) is 0 Å². The molecule has 2 heterocycles. The Kier molecular flexibility index (Phi) is 2.65. The van der Waals surface area contributed by atoms with Gasteiger partial charge in [0.2, 0.25) is 0 Å². The highest BCUT2D eigenvalue weighted by molar-refractivity contribution is 5.76. The second kappa shape index (κ2) is 3.87. The molecule has 2 aromatic rings. The number of aromatic amines is 1. The van der Waals surface area contributed by atoms with Crippen molar-refractivity contribution in [3.05, 3.63) is 29.7 Å². The number of nitrogens with two attached hydrogens (primary N) is 1. The minimum absolute atomic E-state index is 0.0473. The summed E-state index contributed by atoms with van der Waals surface area (Å²) < 4.78 is 0. The first kappa shape index (κ1) is 11.6. The number of hydrogen-bond donors (Lipinski definition) is 2. The number of nitrogens with one attached hydrogen (secondary N) is 1. The maximum absolute atomic E-state index is 5.96. The normalized spacial score (nSPS) is 11.8. The summed E-state index contributed by atoms with van der Waals surface area (Å²) in [6.07, 6.45) is 1.84. The van der Waals surface area contributed by atoms with E-state index in [2.05, 4.69) is 36.0 Å². The first-order valence-electron chi connectivity index (χ1n) is 5.67. The van der Waals surface area contributed by atoms with E-state index in [-0.39, 0.29) is 5.41 Å². The number of aryl methyl sites for hydroxylation is 1. The van der Waals surface area contributed by atoms with Crippen LogP contribution in [0.3, 0.4) is 0 Å². The lowest BCUT2D eigenvalue weighted by Gasteiger charge is -2.17. The van der Waals surface area contributed by atoms with Crippen LogP contribution in [0.4, 0.5) is 5.82 Å². The molecule has 0 bridgehead atoms. The quantitative estimate of drug-likeness (QED) is 0.791. The van der Waals surface area contributed by atoms with Gasteiger partial charge in [-0.05, 0) is 13.0 Å². The number of nitrogens with zero attached hydrogens (tertiary/aromatic N) is 2. The summed E-state index contributed by atoms with van der Waals surface area (Å²) in [5, 5.41) is 7.16. The van der Waals surface area contributed by atoms with Gasteiger partial charge in [0.05, 0.1) is 5.69 Å². The molecule has 0 atom stereocenters. The number of rotatable bonds is 1. The Morgan fingerprint density at radius 3 is 2.47 bits per heavy atom. The van der Waals surface area contributed by atoms with Gasteiger partial charge in [-0.3, -0.25) is 10.1 Å². The standard InChI is InChI=1S/C13H18N4/c1-8-5-6-9(7-15-8)10-11(13(2,3)4)16-17-12(10)14/h5-7H,1-4H3,(H3,14,16,17). The Labute approximate surface area is 101 Å². The highest BCUT2D eigenvalue weighted by Crippen LogP contribution is 2.34. The molecule has 4 nitrogen and oxygen atoms in total. The predicted octanol–water partition coefficient (Wildman–Crippen LogP) is 2.66. The minimum Gasteiger partial charge on any atom is -0.384 e. The Balaban J connectivity index is 2.59. The SMILES string of the molecule is Cc1ccc(-c2c(C(C)(C)C)n[nH]c2N)cn1. The van der Waals surface area contributed by atoms with Crippen LogP contribution in [-0.4, -0.2) is 15.2 Å². The Hall–Kier alpha value is -1.84. The predicted molar refractivity (Wildman–Crippen MR) is 69.7 cm³/mol. The molecule has 0 aliphatic heterocycles. The van der Waals surface area contributed by atoms with E-state index in [1.165, 1.54) is 0 Å². The Bertz CT molecular complexity index is 517. The molecular weight excluding hydrogens is 212 g/mol. The average Bonchev–Trinajstić information content (AvgIpc) is 2.61. The molecule has 0 saturated carbocycles. The average molecular weight is 230 g/mol. The summed E-state index contributed by atoms with van der Waals surface area (Å²) in [6.45, 7) is 8.32. The molecule has 3 N–H and O–H groups in total. The lowest BCUT2D eigenvalue weighted by molar-refractivity contribution is 0.568. The van der Waals surface area contributed by atoms with Crippen LogP contribution in [0.1, 0.15) is 32.2 Å². The summed E-state index contributed by atoms with van der Waals surface area (Å²) in [6, 6.07) is 4.01. The Morgan fingerprint density at radius 2 is 1.94 bits per heavy atom. The lowest BCUT2D eigenvalue weighted by atomic mass is 9.87. The molecule has 0 saturated heterocycles. The van der Waals surface area contributed by atoms with E-state index in [4.69, 9.17) is 5.73 Å². The van der Waals surface area contributed by atoms with Gasteiger partial charge in [-0.1, -0.05) is 26.8 Å². The molecule has 0 aromatic carbocycles. The topological polar surface area (TPSA) is 67.6 Å². The van der Waals surface area contributed by atoms with Gasteiger partial charge in [0.25, 0.3) is 0 Å². The van der Waals surface area contributed by atoms with Gasteiger partial charge in [0.15, 0.2) is 0 Å². The minimum atomic E-state index is -0.0473. The smallest absolute Gasteiger partial charge is 0.127 e. The van der Waals surface area contributed by atoms with Crippen molar-refractivity contribution >= 4 is 5.82 Å². The Morgan fingerprint density at radius 1 is 1.24 bits per heavy atom. The van der Waals surface area contributed by atoms with Crippen molar-refractivity contribution in [2.75, 3.05) is 5.73 Å². The van der Waals surface area contributed by atoms with Gasteiger partial charge >= 0.3 is 0 Å². The van der Waals surface area contributed by atoms with Gasteiger partial charge in [-0.2, -0.15) is 5.10 Å². The van der Waals surface area contributed by atoms with Crippen LogP contribution < -0.4 is 5.73 Å². The largest absolute Gasteiger partial charge is 0.384 e. The van der Waals surface area contributed by atoms with Crippen molar-refractivity contribution in [1.29, 1.82) is 0 Å². The number of hydrogen-bond acceptors (Lipinski definition) is 3. The third-order valence-corrected chi connectivity index (χ3v) is 2.70. The van der Waals surface area contributed by atoms with Crippen LogP contribution in [0, 0.1) is 6.92 Å². The molecule has 90 valence electrons. The van der Waals surface area contributed by atoms with Crippen molar-refractivity contribution in [3.8, 4) is 11.1 Å². The fraction of sp³-hybridized carbons (Fsp3) is 0.385. The first-order chi connectivity index (χ1) is 7.89. The lowest BCUT2D eigenvalue weighted by Crippen LogP contribution is -2.13. The highest BCUT2D eigenvalue weighted by Gasteiger charge is 2.24. The molecule has 0 spiro atoms. The van der Waals surface area contributed by atoms with Crippen molar-refractivity contribution in [2.45, 2.75) is 33.1 Å². The van der Waals surface area contributed by atoms with E-state index in [0.717, 1.165) is 22.5 Å². The molecule has 0 amide bonds. The van der Waals surface area contributed by atoms with E-state index < -0.39 is 0 Å². The van der Waals surface area contributed by atoms with Crippen LogP contribution in [-0.2, 0) is 5.41 Å². The van der Waals surface area contributed by atoms with Gasteiger partial charge in [-0.15, -0.1) is 0 Å². The maximum Gasteiger partial charge on any atom is 0.127 e. The zero-order chi connectivity index (χ0) is 12.6. The zero-order valence-electron chi connectivity index (χ0n) is 10.7. The van der Waals surface area contributed by atoms with E-state index in [0.29, 0.717) is 5.82 Å². The highest BCUT2D eigenvalue weighted by atomic mass is 15.2. The molecule has 2 aromatic heterocycles. The molecule has 0 unspecified atom stereocenters. The zero-order valence-corrected chi connectivity index (χ0v) is 10.7. The second-order valence-electron chi connectivity index (χ2n) is 5.30. The van der Waals surface area contributed by atoms with E-state index >= 15 is 0 Å². The summed E-state index contributed by atoms with van der Waals surface area (Å²) in [4.78, 5) is 4.30. The molecule has 0 radical (unpaired) electrons. The first-order valence-corrected chi connectivity index (χ1v) is 5.67. The molecule has 0 fully saturated rings. The van der Waals surface area contributed by atoms with Crippen molar-refractivity contribution in [3.63, 3.8) is 0 Å². The van der Waals surface area contributed by atoms with E-state index in [1.807, 2.05) is 25.3 Å². The molecule has 4 heteroatoms. The fourth-order valence-corrected chi connectivity index (χ4v) is 1.81. The van der Waals surface area contributed by atoms with Gasteiger partial charge in [0, 0.05) is 28.4 Å². The molecule has 2 rings (SSSR count). The second-order valence-corrected chi connectivity index (χ2v) is 5.30. The van der Waals surface area contributed by atoms with Crippen molar-refractivity contribution in [1.82, 2.24) is 15.2 Å². The summed E-state index contributed by atoms with van der Waals surface area (Å²) in [5.41, 5.74) is 9.85. The fourth-order valence-electron chi connectivity index (χ4n) is 1.81. The number of pyridine rings is 1. The van der Waals surface area contributed by atoms with Gasteiger partial charge in [0.1, 0.15) is 5.82 Å². The summed E-state index contributed by atoms with van der Waals surface area (Å²) >= 11 is 0. The van der Waals surface area contributed by atoms with Crippen LogP contribution in [0.5, 0.6) is 0 Å². The van der Waals surface area contributed by atoms with Crippen molar-refractivity contribution in [2.24, 2.45) is 0 Å². The monoisotopic (exact) mass is 230 g/mol. The summed E-state index contributed by atoms with van der Waals surface area (Å²) in [7, 11) is 0. The van der Waals surface area contributed by atoms with E-state index in [1.54, 1.807) is 0 Å².